The fourth-order valence-corrected chi connectivity index (χ4v) is 2.25. The van der Waals surface area contributed by atoms with Crippen molar-refractivity contribution >= 4 is 11.6 Å². The van der Waals surface area contributed by atoms with E-state index >= 15 is 0 Å². The molecule has 1 aromatic carbocycles. The Balaban J connectivity index is 1.58. The molecule has 7 nitrogen and oxygen atoms in total. The highest BCUT2D eigenvalue weighted by molar-refractivity contribution is 6.30. The second-order valence-electron chi connectivity index (χ2n) is 5.38. The Kier molecular flexibility index (Phi) is 3.15. The summed E-state index contributed by atoms with van der Waals surface area (Å²) in [5.41, 5.74) is 0.854. The Morgan fingerprint density at radius 3 is 2.77 bits per heavy atom. The molecule has 112 valence electrons. The van der Waals surface area contributed by atoms with E-state index in [1.165, 1.54) is 4.80 Å². The zero-order chi connectivity index (χ0) is 15.1. The van der Waals surface area contributed by atoms with E-state index in [-0.39, 0.29) is 6.04 Å². The Bertz CT molecular complexity index is 792. The van der Waals surface area contributed by atoms with Gasteiger partial charge in [-0.2, -0.15) is 9.78 Å². The maximum Gasteiger partial charge on any atom is 0.253 e. The van der Waals surface area contributed by atoms with E-state index in [2.05, 4.69) is 25.6 Å². The first kappa shape index (κ1) is 13.4. The van der Waals surface area contributed by atoms with Crippen molar-refractivity contribution < 1.29 is 4.52 Å². The molecule has 1 aliphatic rings. The molecule has 1 aliphatic carbocycles. The van der Waals surface area contributed by atoms with Gasteiger partial charge in [-0.15, -0.1) is 10.2 Å². The fraction of sp³-hybridized carbons (Fsp3) is 0.357. The summed E-state index contributed by atoms with van der Waals surface area (Å²) in [7, 11) is 0. The van der Waals surface area contributed by atoms with Gasteiger partial charge in [0.25, 0.3) is 5.89 Å². The summed E-state index contributed by atoms with van der Waals surface area (Å²) in [6.07, 6.45) is 2.27. The van der Waals surface area contributed by atoms with E-state index in [4.69, 9.17) is 16.1 Å². The van der Waals surface area contributed by atoms with Gasteiger partial charge in [0, 0.05) is 16.5 Å². The van der Waals surface area contributed by atoms with Crippen LogP contribution in [0.2, 0.25) is 5.02 Å². The lowest BCUT2D eigenvalue weighted by atomic mass is 10.2. The van der Waals surface area contributed by atoms with E-state index in [1.54, 1.807) is 12.1 Å². The zero-order valence-corrected chi connectivity index (χ0v) is 12.6. The van der Waals surface area contributed by atoms with Gasteiger partial charge in [0.05, 0.1) is 0 Å². The maximum atomic E-state index is 5.88. The van der Waals surface area contributed by atoms with Gasteiger partial charge in [0.2, 0.25) is 5.82 Å². The number of aromatic nitrogens is 6. The summed E-state index contributed by atoms with van der Waals surface area (Å²) in [5, 5.41) is 17.2. The first-order valence-electron chi connectivity index (χ1n) is 7.09. The second-order valence-corrected chi connectivity index (χ2v) is 5.82. The summed E-state index contributed by atoms with van der Waals surface area (Å²) < 4.78 is 5.31. The maximum absolute atomic E-state index is 5.88. The Morgan fingerprint density at radius 2 is 2.05 bits per heavy atom. The molecule has 1 atom stereocenters. The fourth-order valence-electron chi connectivity index (χ4n) is 2.13. The molecule has 2 heterocycles. The molecule has 0 spiro atoms. The van der Waals surface area contributed by atoms with Crippen molar-refractivity contribution in [3.63, 3.8) is 0 Å². The molecule has 0 aliphatic heterocycles. The summed E-state index contributed by atoms with van der Waals surface area (Å²) in [6, 6.07) is 7.04. The molecule has 1 fully saturated rings. The standard InChI is InChI=1S/C14H13ClN6O/c1-8(14-16-12(19-22-14)9-2-3-9)21-18-13(17-20-21)10-4-6-11(15)7-5-10/h4-9H,2-3H2,1H3/t8-/m1/s1. The molecular formula is C14H13ClN6O. The van der Waals surface area contributed by atoms with E-state index in [9.17, 15) is 0 Å². The third-order valence-corrected chi connectivity index (χ3v) is 3.89. The Hall–Kier alpha value is -2.28. The average molecular weight is 317 g/mol. The number of hydrogen-bond donors (Lipinski definition) is 0. The normalized spacial score (nSPS) is 15.9. The van der Waals surface area contributed by atoms with Gasteiger partial charge in [0.1, 0.15) is 6.04 Å². The summed E-state index contributed by atoms with van der Waals surface area (Å²) in [5.74, 6) is 2.27. The molecule has 1 saturated carbocycles. The van der Waals surface area contributed by atoms with Crippen LogP contribution in [0.3, 0.4) is 0 Å². The van der Waals surface area contributed by atoms with Crippen molar-refractivity contribution in [2.24, 2.45) is 0 Å². The van der Waals surface area contributed by atoms with Crippen molar-refractivity contribution in [1.82, 2.24) is 30.3 Å². The molecule has 0 saturated heterocycles. The van der Waals surface area contributed by atoms with Gasteiger partial charge < -0.3 is 4.52 Å². The van der Waals surface area contributed by atoms with Gasteiger partial charge >= 0.3 is 0 Å². The van der Waals surface area contributed by atoms with Crippen LogP contribution in [0.1, 0.15) is 43.4 Å². The van der Waals surface area contributed by atoms with Gasteiger partial charge in [-0.1, -0.05) is 16.8 Å². The van der Waals surface area contributed by atoms with Crippen molar-refractivity contribution in [2.45, 2.75) is 31.7 Å². The lowest BCUT2D eigenvalue weighted by molar-refractivity contribution is 0.318. The molecule has 2 aromatic heterocycles. The van der Waals surface area contributed by atoms with Gasteiger partial charge in [-0.3, -0.25) is 0 Å². The van der Waals surface area contributed by atoms with Crippen molar-refractivity contribution in [1.29, 1.82) is 0 Å². The average Bonchev–Trinajstić information content (AvgIpc) is 3.07. The lowest BCUT2D eigenvalue weighted by Gasteiger charge is -2.02. The first-order chi connectivity index (χ1) is 10.7. The molecular weight excluding hydrogens is 304 g/mol. The molecule has 0 N–H and O–H groups in total. The molecule has 22 heavy (non-hydrogen) atoms. The second kappa shape index (κ2) is 5.17. The minimum absolute atomic E-state index is 0.256. The topological polar surface area (TPSA) is 82.5 Å². The zero-order valence-electron chi connectivity index (χ0n) is 11.8. The smallest absolute Gasteiger partial charge is 0.253 e. The highest BCUT2D eigenvalue weighted by Gasteiger charge is 2.30. The SMILES string of the molecule is C[C@H](c1nc(C2CC2)no1)n1nnc(-c2ccc(Cl)cc2)n1. The minimum Gasteiger partial charge on any atom is -0.337 e. The van der Waals surface area contributed by atoms with Crippen LogP contribution in [-0.2, 0) is 0 Å². The lowest BCUT2D eigenvalue weighted by Crippen LogP contribution is -2.11. The molecule has 0 radical (unpaired) electrons. The highest BCUT2D eigenvalue weighted by Crippen LogP contribution is 2.38. The van der Waals surface area contributed by atoms with Gasteiger partial charge in [-0.05, 0) is 49.2 Å². The van der Waals surface area contributed by atoms with E-state index < -0.39 is 0 Å². The largest absolute Gasteiger partial charge is 0.337 e. The number of halogens is 1. The van der Waals surface area contributed by atoms with E-state index in [0.29, 0.717) is 22.7 Å². The Labute approximate surface area is 131 Å². The third kappa shape index (κ3) is 2.48. The third-order valence-electron chi connectivity index (χ3n) is 3.63. The van der Waals surface area contributed by atoms with Crippen molar-refractivity contribution in [3.05, 3.63) is 41.0 Å². The highest BCUT2D eigenvalue weighted by atomic mass is 35.5. The molecule has 4 rings (SSSR count). The number of nitrogens with zero attached hydrogens (tertiary/aromatic N) is 6. The van der Waals surface area contributed by atoms with Crippen LogP contribution in [0.15, 0.2) is 28.8 Å². The minimum atomic E-state index is -0.256. The predicted molar refractivity (Wildman–Crippen MR) is 78.3 cm³/mol. The van der Waals surface area contributed by atoms with Crippen LogP contribution in [0, 0.1) is 0 Å². The van der Waals surface area contributed by atoms with Crippen LogP contribution >= 0.6 is 11.6 Å². The Morgan fingerprint density at radius 1 is 1.27 bits per heavy atom. The van der Waals surface area contributed by atoms with E-state index in [1.807, 2.05) is 19.1 Å². The number of benzene rings is 1. The molecule has 0 unspecified atom stereocenters. The van der Waals surface area contributed by atoms with Crippen molar-refractivity contribution in [3.8, 4) is 11.4 Å². The van der Waals surface area contributed by atoms with Crippen LogP contribution in [0.4, 0.5) is 0 Å². The van der Waals surface area contributed by atoms with Gasteiger partial charge in [0.15, 0.2) is 5.82 Å². The van der Waals surface area contributed by atoms with Gasteiger partial charge in [-0.25, -0.2) is 0 Å². The molecule has 0 bridgehead atoms. The summed E-state index contributed by atoms with van der Waals surface area (Å²) >= 11 is 5.88. The van der Waals surface area contributed by atoms with Crippen LogP contribution in [-0.4, -0.2) is 30.3 Å². The quantitative estimate of drug-likeness (QED) is 0.736. The first-order valence-corrected chi connectivity index (χ1v) is 7.47. The van der Waals surface area contributed by atoms with E-state index in [0.717, 1.165) is 24.2 Å². The molecule has 8 heteroatoms. The predicted octanol–water partition coefficient (Wildman–Crippen LogP) is 2.86. The van der Waals surface area contributed by atoms with Crippen LogP contribution < -0.4 is 0 Å². The molecule has 0 amide bonds. The number of tetrazole rings is 1. The summed E-state index contributed by atoms with van der Waals surface area (Å²) in [6.45, 7) is 1.90. The summed E-state index contributed by atoms with van der Waals surface area (Å²) in [4.78, 5) is 5.90. The number of rotatable bonds is 4. The van der Waals surface area contributed by atoms with Crippen LogP contribution in [0.25, 0.3) is 11.4 Å². The molecule has 3 aromatic rings. The number of hydrogen-bond acceptors (Lipinski definition) is 6. The monoisotopic (exact) mass is 316 g/mol. The van der Waals surface area contributed by atoms with Crippen LogP contribution in [0.5, 0.6) is 0 Å². The van der Waals surface area contributed by atoms with Crippen molar-refractivity contribution in [2.75, 3.05) is 0 Å².